The van der Waals surface area contributed by atoms with Crippen LogP contribution in [0.2, 0.25) is 0 Å². The number of hydrogen-bond donors (Lipinski definition) is 2. The summed E-state index contributed by atoms with van der Waals surface area (Å²) in [6, 6.07) is 8.59. The Morgan fingerprint density at radius 1 is 1.17 bits per heavy atom. The van der Waals surface area contributed by atoms with Crippen molar-refractivity contribution < 1.29 is 9.59 Å². The molecule has 0 radical (unpaired) electrons. The Hall–Kier alpha value is -2.73. The predicted octanol–water partition coefficient (Wildman–Crippen LogP) is 2.11. The van der Waals surface area contributed by atoms with E-state index in [1.54, 1.807) is 24.3 Å². The van der Waals surface area contributed by atoms with Crippen molar-refractivity contribution in [2.24, 2.45) is 5.73 Å². The number of nitrogens with one attached hydrogen (secondary N) is 1. The number of hydrogen-bond acceptors (Lipinski definition) is 4. The molecule has 6 nitrogen and oxygen atoms in total. The molecule has 0 spiro atoms. The first-order valence-electron chi connectivity index (χ1n) is 7.61. The lowest BCUT2D eigenvalue weighted by Gasteiger charge is -2.16. The molecule has 0 aliphatic heterocycles. The number of aromatic nitrogens is 1. The van der Waals surface area contributed by atoms with Crippen molar-refractivity contribution in [2.75, 3.05) is 19.4 Å². The Kier molecular flexibility index (Phi) is 5.31. The summed E-state index contributed by atoms with van der Waals surface area (Å²) in [4.78, 5) is 30.2. The van der Waals surface area contributed by atoms with Crippen molar-refractivity contribution >= 4 is 17.5 Å². The summed E-state index contributed by atoms with van der Waals surface area (Å²) >= 11 is 0. The first-order chi connectivity index (χ1) is 11.3. The van der Waals surface area contributed by atoms with Crippen molar-refractivity contribution in [3.8, 4) is 0 Å². The van der Waals surface area contributed by atoms with Crippen LogP contribution in [0.25, 0.3) is 0 Å². The fourth-order valence-electron chi connectivity index (χ4n) is 2.27. The van der Waals surface area contributed by atoms with Gasteiger partial charge in [0.05, 0.1) is 0 Å². The maximum atomic E-state index is 12.5. The zero-order valence-corrected chi connectivity index (χ0v) is 14.4. The lowest BCUT2D eigenvalue weighted by molar-refractivity contribution is 0.0995. The van der Waals surface area contributed by atoms with Gasteiger partial charge in [0.25, 0.3) is 5.91 Å². The highest BCUT2D eigenvalue weighted by Gasteiger charge is 2.14. The number of amides is 2. The molecule has 2 amide bonds. The lowest BCUT2D eigenvalue weighted by Crippen LogP contribution is -2.19. The Morgan fingerprint density at radius 2 is 1.88 bits per heavy atom. The monoisotopic (exact) mass is 326 g/mol. The Labute approximate surface area is 141 Å². The van der Waals surface area contributed by atoms with Crippen molar-refractivity contribution in [3.63, 3.8) is 0 Å². The molecular weight excluding hydrogens is 304 g/mol. The van der Waals surface area contributed by atoms with Crippen LogP contribution < -0.4 is 11.1 Å². The number of carbonyl (C=O) groups excluding carboxylic acids is 2. The van der Waals surface area contributed by atoms with Gasteiger partial charge in [-0.3, -0.25) is 9.59 Å². The van der Waals surface area contributed by atoms with Crippen LogP contribution in [0.1, 0.15) is 37.7 Å². The molecule has 0 bridgehead atoms. The highest BCUT2D eigenvalue weighted by Crippen LogP contribution is 2.20. The number of rotatable bonds is 5. The minimum Gasteiger partial charge on any atom is -0.366 e. The van der Waals surface area contributed by atoms with Crippen LogP contribution >= 0.6 is 0 Å². The summed E-state index contributed by atoms with van der Waals surface area (Å²) in [7, 11) is 3.86. The fourth-order valence-corrected chi connectivity index (χ4v) is 2.27. The fraction of sp³-hybridized carbons (Fsp3) is 0.278. The number of primary amides is 1. The van der Waals surface area contributed by atoms with Gasteiger partial charge < -0.3 is 16.0 Å². The highest BCUT2D eigenvalue weighted by atomic mass is 16.2. The third-order valence-corrected chi connectivity index (χ3v) is 3.71. The molecule has 1 aromatic heterocycles. The maximum Gasteiger partial charge on any atom is 0.274 e. The summed E-state index contributed by atoms with van der Waals surface area (Å²) in [5.41, 5.74) is 9.30. The largest absolute Gasteiger partial charge is 0.366 e. The smallest absolute Gasteiger partial charge is 0.274 e. The van der Waals surface area contributed by atoms with Crippen LogP contribution in [0.5, 0.6) is 0 Å². The zero-order chi connectivity index (χ0) is 17.9. The number of carbonyl (C=O) groups is 2. The van der Waals surface area contributed by atoms with Crippen molar-refractivity contribution in [2.45, 2.75) is 20.4 Å². The zero-order valence-electron chi connectivity index (χ0n) is 14.4. The minimum atomic E-state index is -0.536. The van der Waals surface area contributed by atoms with E-state index in [1.807, 2.05) is 38.9 Å². The van der Waals surface area contributed by atoms with E-state index in [9.17, 15) is 9.59 Å². The molecule has 0 aliphatic rings. The Morgan fingerprint density at radius 3 is 2.46 bits per heavy atom. The van der Waals surface area contributed by atoms with Gasteiger partial charge in [-0.1, -0.05) is 12.1 Å². The summed E-state index contributed by atoms with van der Waals surface area (Å²) < 4.78 is 0. The van der Waals surface area contributed by atoms with Gasteiger partial charge in [0, 0.05) is 23.5 Å². The number of benzene rings is 1. The number of anilines is 1. The van der Waals surface area contributed by atoms with Crippen molar-refractivity contribution in [1.82, 2.24) is 9.88 Å². The molecule has 2 rings (SSSR count). The molecule has 24 heavy (non-hydrogen) atoms. The maximum absolute atomic E-state index is 12.5. The molecule has 3 N–H and O–H groups in total. The predicted molar refractivity (Wildman–Crippen MR) is 94.0 cm³/mol. The highest BCUT2D eigenvalue weighted by molar-refractivity contribution is 6.04. The van der Waals surface area contributed by atoms with Crippen LogP contribution in [-0.2, 0) is 6.54 Å². The molecular formula is C18H22N4O2. The summed E-state index contributed by atoms with van der Waals surface area (Å²) in [6.07, 6.45) is 0. The van der Waals surface area contributed by atoms with Crippen molar-refractivity contribution in [3.05, 3.63) is 58.4 Å². The average molecular weight is 326 g/mol. The van der Waals surface area contributed by atoms with E-state index in [0.717, 1.165) is 16.8 Å². The van der Waals surface area contributed by atoms with Gasteiger partial charge in [-0.25, -0.2) is 4.98 Å². The first-order valence-corrected chi connectivity index (χ1v) is 7.61. The second-order valence-corrected chi connectivity index (χ2v) is 6.03. The standard InChI is InChI=1S/C18H22N4O2/c1-11-5-8-15(20-12(11)2)18(24)21-16-9-13(17(19)23)6-7-14(16)10-22(3)4/h5-9H,10H2,1-4H3,(H2,19,23)(H,21,24). The van der Waals surface area contributed by atoms with Gasteiger partial charge in [0.15, 0.2) is 0 Å². The molecule has 0 unspecified atom stereocenters. The molecule has 1 aromatic carbocycles. The van der Waals surface area contributed by atoms with Crippen LogP contribution in [0.4, 0.5) is 5.69 Å². The van der Waals surface area contributed by atoms with E-state index in [-0.39, 0.29) is 5.91 Å². The van der Waals surface area contributed by atoms with Crippen LogP contribution in [0.15, 0.2) is 30.3 Å². The number of aryl methyl sites for hydroxylation is 2. The van der Waals surface area contributed by atoms with E-state index in [4.69, 9.17) is 5.73 Å². The van der Waals surface area contributed by atoms with Crippen LogP contribution in [0, 0.1) is 13.8 Å². The SMILES string of the molecule is Cc1ccc(C(=O)Nc2cc(C(N)=O)ccc2CN(C)C)nc1C. The second kappa shape index (κ2) is 7.23. The molecule has 0 saturated heterocycles. The summed E-state index contributed by atoms with van der Waals surface area (Å²) in [6.45, 7) is 4.42. The molecule has 1 heterocycles. The number of pyridine rings is 1. The second-order valence-electron chi connectivity index (χ2n) is 6.03. The first kappa shape index (κ1) is 17.6. The Bertz CT molecular complexity index is 785. The lowest BCUT2D eigenvalue weighted by atomic mass is 10.1. The van der Waals surface area contributed by atoms with Gasteiger partial charge in [0.1, 0.15) is 5.69 Å². The molecule has 0 fully saturated rings. The van der Waals surface area contributed by atoms with Crippen LogP contribution in [0.3, 0.4) is 0 Å². The van der Waals surface area contributed by atoms with E-state index < -0.39 is 5.91 Å². The molecule has 6 heteroatoms. The minimum absolute atomic E-state index is 0.320. The summed E-state index contributed by atoms with van der Waals surface area (Å²) in [5, 5.41) is 2.84. The average Bonchev–Trinajstić information content (AvgIpc) is 2.50. The van der Waals surface area contributed by atoms with Gasteiger partial charge >= 0.3 is 0 Å². The topological polar surface area (TPSA) is 88.3 Å². The third kappa shape index (κ3) is 4.17. The molecule has 2 aromatic rings. The van der Waals surface area contributed by atoms with E-state index in [0.29, 0.717) is 23.5 Å². The molecule has 0 aliphatic carbocycles. The van der Waals surface area contributed by atoms with Gasteiger partial charge in [0.2, 0.25) is 5.91 Å². The van der Waals surface area contributed by atoms with Crippen LogP contribution in [-0.4, -0.2) is 35.8 Å². The molecule has 0 atom stereocenters. The van der Waals surface area contributed by atoms with E-state index >= 15 is 0 Å². The molecule has 0 saturated carbocycles. The quantitative estimate of drug-likeness (QED) is 0.881. The van der Waals surface area contributed by atoms with E-state index in [1.165, 1.54) is 0 Å². The summed E-state index contributed by atoms with van der Waals surface area (Å²) in [5.74, 6) is -0.856. The Balaban J connectivity index is 2.34. The normalized spacial score (nSPS) is 10.7. The van der Waals surface area contributed by atoms with Gasteiger partial charge in [-0.05, 0) is 57.3 Å². The van der Waals surface area contributed by atoms with Gasteiger partial charge in [-0.2, -0.15) is 0 Å². The third-order valence-electron chi connectivity index (χ3n) is 3.71. The number of nitrogens with two attached hydrogens (primary N) is 1. The van der Waals surface area contributed by atoms with Crippen molar-refractivity contribution in [1.29, 1.82) is 0 Å². The van der Waals surface area contributed by atoms with Gasteiger partial charge in [-0.15, -0.1) is 0 Å². The van der Waals surface area contributed by atoms with E-state index in [2.05, 4.69) is 10.3 Å². The molecule has 126 valence electrons. The number of nitrogens with zero attached hydrogens (tertiary/aromatic N) is 2.